The minimum Gasteiger partial charge on any atom is -0.494 e. The number of hydrogen-bond donors (Lipinski definition) is 0. The molecule has 5 unspecified atom stereocenters. The standard InChI is InChI=1S/C48H75F9O5S2/c1-34(2)60-32-36(33-61-35(3)4)17-12-8-6-7-10-14-29-63-64-30-15-11-9-13-26-58-38-19-21-39-37(31-38)18-20-41-40(39)24-25-44(5)42(41)22-23-43(44)59-27-16-28-62-45(46(49,50)51,47(52,53)54)48(55,56)57/h19,21,31,34-36,40-43H,6-18,20,22-30,32-33H2,1-5H3. The fourth-order valence-electron chi connectivity index (χ4n) is 10.2. The van der Waals surface area contributed by atoms with Crippen LogP contribution in [0.25, 0.3) is 0 Å². The first kappa shape index (κ1) is 55.5. The Hall–Kier alpha value is -1.07. The van der Waals surface area contributed by atoms with E-state index in [0.717, 1.165) is 63.9 Å². The third-order valence-electron chi connectivity index (χ3n) is 13.6. The molecular weight excluding hydrogens is 892 g/mol. The molecule has 372 valence electrons. The first-order valence-corrected chi connectivity index (χ1v) is 26.4. The van der Waals surface area contributed by atoms with E-state index in [-0.39, 0.29) is 30.3 Å². The van der Waals surface area contributed by atoms with Crippen LogP contribution >= 0.6 is 21.6 Å². The zero-order valence-corrected chi connectivity index (χ0v) is 40.3. The van der Waals surface area contributed by atoms with Crippen LogP contribution in [-0.2, 0) is 25.4 Å². The van der Waals surface area contributed by atoms with Crippen molar-refractivity contribution < 1.29 is 63.2 Å². The summed E-state index contributed by atoms with van der Waals surface area (Å²) in [6, 6.07) is 6.46. The summed E-state index contributed by atoms with van der Waals surface area (Å²) in [6.07, 6.45) is -1.79. The summed E-state index contributed by atoms with van der Waals surface area (Å²) in [5.74, 6) is 4.90. The second kappa shape index (κ2) is 26.1. The summed E-state index contributed by atoms with van der Waals surface area (Å²) in [6.45, 7) is 11.0. The summed E-state index contributed by atoms with van der Waals surface area (Å²) in [5, 5.41) is 0. The predicted molar refractivity (Wildman–Crippen MR) is 239 cm³/mol. The van der Waals surface area contributed by atoms with Gasteiger partial charge in [0, 0.05) is 24.0 Å². The van der Waals surface area contributed by atoms with Gasteiger partial charge in [-0.15, -0.1) is 0 Å². The Labute approximate surface area is 384 Å². The maximum Gasteiger partial charge on any atom is 0.435 e. The van der Waals surface area contributed by atoms with Gasteiger partial charge in [-0.3, -0.25) is 0 Å². The third kappa shape index (κ3) is 15.7. The van der Waals surface area contributed by atoms with Gasteiger partial charge in [0.15, 0.2) is 0 Å². The van der Waals surface area contributed by atoms with Crippen molar-refractivity contribution in [3.63, 3.8) is 0 Å². The molecule has 0 saturated heterocycles. The molecule has 5 atom stereocenters. The molecule has 0 heterocycles. The molecule has 0 radical (unpaired) electrons. The van der Waals surface area contributed by atoms with E-state index in [1.165, 1.54) is 80.4 Å². The maximum atomic E-state index is 13.2. The number of ether oxygens (including phenoxy) is 5. The van der Waals surface area contributed by atoms with E-state index in [1.54, 1.807) is 0 Å². The highest BCUT2D eigenvalue weighted by Crippen LogP contribution is 2.62. The molecule has 1 aromatic rings. The second-order valence-electron chi connectivity index (χ2n) is 19.1. The largest absolute Gasteiger partial charge is 0.494 e. The molecule has 2 saturated carbocycles. The molecule has 16 heteroatoms. The number of aryl methyl sites for hydroxylation is 1. The molecule has 0 aliphatic heterocycles. The van der Waals surface area contributed by atoms with E-state index >= 15 is 0 Å². The lowest BCUT2D eigenvalue weighted by molar-refractivity contribution is -0.457. The van der Waals surface area contributed by atoms with Crippen molar-refractivity contribution >= 4 is 21.6 Å². The summed E-state index contributed by atoms with van der Waals surface area (Å²) in [7, 11) is 4.01. The minimum atomic E-state index is -6.74. The van der Waals surface area contributed by atoms with Crippen LogP contribution < -0.4 is 4.74 Å². The Bertz CT molecular complexity index is 1430. The average Bonchev–Trinajstić information content (AvgIpc) is 3.54. The van der Waals surface area contributed by atoms with Crippen molar-refractivity contribution in [2.75, 3.05) is 44.5 Å². The SMILES string of the molecule is CC(C)OCC(CCCCCCCCSSCCCCCCOc1ccc2c(c1)CCC1C2CCC2(C)C(OCCCOC(C(F)(F)F)(C(F)(F)F)C(F)(F)F)CCC12)COC(C)C. The molecule has 4 rings (SSSR count). The van der Waals surface area contributed by atoms with Crippen molar-refractivity contribution in [1.29, 1.82) is 0 Å². The van der Waals surface area contributed by atoms with Crippen LogP contribution in [0.5, 0.6) is 5.75 Å². The molecule has 0 amide bonds. The topological polar surface area (TPSA) is 46.2 Å². The van der Waals surface area contributed by atoms with E-state index in [9.17, 15) is 39.5 Å². The summed E-state index contributed by atoms with van der Waals surface area (Å²) < 4.78 is 146. The maximum absolute atomic E-state index is 13.2. The fraction of sp³-hybridized carbons (Fsp3) is 0.875. The van der Waals surface area contributed by atoms with Crippen LogP contribution in [0.1, 0.15) is 161 Å². The zero-order valence-electron chi connectivity index (χ0n) is 38.7. The Kier molecular flexibility index (Phi) is 22.6. The number of fused-ring (bicyclic) bond motifs is 5. The van der Waals surface area contributed by atoms with Crippen LogP contribution in [0, 0.1) is 23.2 Å². The van der Waals surface area contributed by atoms with E-state index < -0.39 is 37.2 Å². The molecule has 0 spiro atoms. The summed E-state index contributed by atoms with van der Waals surface area (Å²) in [4.78, 5) is 0. The van der Waals surface area contributed by atoms with Crippen molar-refractivity contribution in [2.24, 2.45) is 23.2 Å². The number of benzene rings is 1. The Morgan fingerprint density at radius 3 is 1.83 bits per heavy atom. The van der Waals surface area contributed by atoms with Crippen molar-refractivity contribution in [3.8, 4) is 5.75 Å². The average molecular weight is 967 g/mol. The third-order valence-corrected chi connectivity index (χ3v) is 16.2. The van der Waals surface area contributed by atoms with Crippen molar-refractivity contribution in [3.05, 3.63) is 29.3 Å². The number of rotatable bonds is 30. The second-order valence-corrected chi connectivity index (χ2v) is 21.8. The fourth-order valence-corrected chi connectivity index (χ4v) is 12.5. The van der Waals surface area contributed by atoms with Crippen LogP contribution in [-0.4, -0.2) is 87.0 Å². The molecule has 0 N–H and O–H groups in total. The minimum absolute atomic E-state index is 0.244. The normalized spacial score (nSPS) is 23.0. The van der Waals surface area contributed by atoms with Gasteiger partial charge in [0.25, 0.3) is 0 Å². The van der Waals surface area contributed by atoms with Crippen LogP contribution in [0.2, 0.25) is 0 Å². The van der Waals surface area contributed by atoms with E-state index in [1.807, 2.05) is 21.6 Å². The number of alkyl halides is 9. The van der Waals surface area contributed by atoms with Gasteiger partial charge in [-0.25, -0.2) is 0 Å². The smallest absolute Gasteiger partial charge is 0.435 e. The molecule has 3 aliphatic rings. The Balaban J connectivity index is 1.04. The lowest BCUT2D eigenvalue weighted by Crippen LogP contribution is -2.67. The Morgan fingerprint density at radius 1 is 0.656 bits per heavy atom. The van der Waals surface area contributed by atoms with Gasteiger partial charge < -0.3 is 23.7 Å². The van der Waals surface area contributed by atoms with E-state index in [2.05, 4.69) is 57.6 Å². The lowest BCUT2D eigenvalue weighted by Gasteiger charge is -2.50. The van der Waals surface area contributed by atoms with Gasteiger partial charge in [0.1, 0.15) is 5.75 Å². The van der Waals surface area contributed by atoms with Gasteiger partial charge in [-0.2, -0.15) is 39.5 Å². The van der Waals surface area contributed by atoms with Crippen LogP contribution in [0.15, 0.2) is 18.2 Å². The number of unbranched alkanes of at least 4 members (excludes halogenated alkanes) is 8. The summed E-state index contributed by atoms with van der Waals surface area (Å²) in [5.41, 5.74) is -3.83. The first-order chi connectivity index (χ1) is 30.2. The van der Waals surface area contributed by atoms with Crippen LogP contribution in [0.4, 0.5) is 39.5 Å². The van der Waals surface area contributed by atoms with Gasteiger partial charge in [-0.1, -0.05) is 79.5 Å². The quantitative estimate of drug-likeness (QED) is 0.0432. The summed E-state index contributed by atoms with van der Waals surface area (Å²) >= 11 is 0. The first-order valence-electron chi connectivity index (χ1n) is 23.9. The lowest BCUT2D eigenvalue weighted by atomic mass is 9.55. The van der Waals surface area contributed by atoms with Crippen molar-refractivity contribution in [2.45, 2.75) is 199 Å². The molecule has 3 aliphatic carbocycles. The molecule has 64 heavy (non-hydrogen) atoms. The molecule has 0 bridgehead atoms. The van der Waals surface area contributed by atoms with E-state index in [0.29, 0.717) is 36.7 Å². The monoisotopic (exact) mass is 966 g/mol. The molecule has 0 aromatic heterocycles. The zero-order chi connectivity index (χ0) is 47.0. The van der Waals surface area contributed by atoms with Crippen LogP contribution in [0.3, 0.4) is 0 Å². The number of halogens is 9. The predicted octanol–water partition coefficient (Wildman–Crippen LogP) is 15.3. The van der Waals surface area contributed by atoms with Gasteiger partial charge in [0.05, 0.1) is 44.7 Å². The Morgan fingerprint density at radius 2 is 1.23 bits per heavy atom. The highest BCUT2D eigenvalue weighted by molar-refractivity contribution is 8.76. The highest BCUT2D eigenvalue weighted by Gasteiger charge is 2.85. The van der Waals surface area contributed by atoms with E-state index in [4.69, 9.17) is 18.9 Å². The van der Waals surface area contributed by atoms with Gasteiger partial charge in [0.2, 0.25) is 0 Å². The van der Waals surface area contributed by atoms with Crippen molar-refractivity contribution in [1.82, 2.24) is 0 Å². The van der Waals surface area contributed by atoms with Gasteiger partial charge in [-0.05, 0) is 145 Å². The van der Waals surface area contributed by atoms with Gasteiger partial charge >= 0.3 is 24.1 Å². The molecule has 5 nitrogen and oxygen atoms in total. The molecule has 1 aromatic carbocycles. The molecular formula is C48H75F9O5S2. The highest BCUT2D eigenvalue weighted by atomic mass is 33.1. The number of hydrogen-bond acceptors (Lipinski definition) is 7. The molecule has 2 fully saturated rings.